The Bertz CT molecular complexity index is 545. The molecule has 2 aromatic heterocycles. The van der Waals surface area contributed by atoms with Gasteiger partial charge in [-0.2, -0.15) is 5.26 Å². The summed E-state index contributed by atoms with van der Waals surface area (Å²) in [6.07, 6.45) is 1.58. The molecule has 0 bridgehead atoms. The minimum atomic E-state index is 0.119. The molecule has 1 N–H and O–H groups in total. The highest BCUT2D eigenvalue weighted by Crippen LogP contribution is 2.28. The van der Waals surface area contributed by atoms with Crippen LogP contribution in [0.4, 0.5) is 5.82 Å². The van der Waals surface area contributed by atoms with Crippen LogP contribution in [-0.4, -0.2) is 4.98 Å². The summed E-state index contributed by atoms with van der Waals surface area (Å²) >= 11 is 7.74. The van der Waals surface area contributed by atoms with Gasteiger partial charge in [-0.3, -0.25) is 0 Å². The summed E-state index contributed by atoms with van der Waals surface area (Å²) in [7, 11) is 0. The molecule has 1 unspecified atom stereocenters. The Morgan fingerprint density at radius 3 is 3.00 bits per heavy atom. The third kappa shape index (κ3) is 2.57. The molecule has 86 valence electrons. The molecular formula is C12H10ClN3S. The van der Waals surface area contributed by atoms with Gasteiger partial charge in [-0.1, -0.05) is 17.7 Å². The van der Waals surface area contributed by atoms with Crippen molar-refractivity contribution in [2.45, 2.75) is 13.0 Å². The second kappa shape index (κ2) is 5.17. The van der Waals surface area contributed by atoms with Crippen LogP contribution in [0.2, 0.25) is 5.02 Å². The molecular weight excluding hydrogens is 254 g/mol. The molecule has 0 radical (unpaired) electrons. The van der Waals surface area contributed by atoms with Gasteiger partial charge in [0.2, 0.25) is 0 Å². The Labute approximate surface area is 109 Å². The second-order valence-corrected chi connectivity index (χ2v) is 4.87. The van der Waals surface area contributed by atoms with E-state index in [1.165, 1.54) is 4.88 Å². The zero-order valence-electron chi connectivity index (χ0n) is 9.14. The fourth-order valence-corrected chi connectivity index (χ4v) is 2.39. The maximum absolute atomic E-state index is 8.87. The molecule has 1 atom stereocenters. The first kappa shape index (κ1) is 11.9. The van der Waals surface area contributed by atoms with E-state index in [0.717, 1.165) is 0 Å². The Morgan fingerprint density at radius 1 is 1.53 bits per heavy atom. The molecule has 0 aliphatic carbocycles. The van der Waals surface area contributed by atoms with Crippen LogP contribution in [0, 0.1) is 11.3 Å². The van der Waals surface area contributed by atoms with Crippen molar-refractivity contribution < 1.29 is 0 Å². The van der Waals surface area contributed by atoms with Crippen molar-refractivity contribution in [2.24, 2.45) is 0 Å². The zero-order chi connectivity index (χ0) is 12.3. The average Bonchev–Trinajstić information content (AvgIpc) is 2.85. The molecule has 17 heavy (non-hydrogen) atoms. The number of nitrogens with zero attached hydrogens (tertiary/aromatic N) is 2. The molecule has 0 saturated carbocycles. The van der Waals surface area contributed by atoms with Crippen LogP contribution in [0.1, 0.15) is 23.4 Å². The van der Waals surface area contributed by atoms with Crippen molar-refractivity contribution in [2.75, 3.05) is 5.32 Å². The second-order valence-electron chi connectivity index (χ2n) is 3.51. The molecule has 0 fully saturated rings. The molecule has 0 aliphatic rings. The molecule has 0 amide bonds. The normalized spacial score (nSPS) is 11.8. The molecule has 0 aliphatic heterocycles. The van der Waals surface area contributed by atoms with Crippen molar-refractivity contribution >= 4 is 28.8 Å². The van der Waals surface area contributed by atoms with Crippen molar-refractivity contribution in [1.29, 1.82) is 5.26 Å². The molecule has 0 spiro atoms. The fraction of sp³-hybridized carbons (Fsp3) is 0.167. The molecule has 0 aromatic carbocycles. The van der Waals surface area contributed by atoms with Gasteiger partial charge in [0.05, 0.1) is 11.6 Å². The smallest absolute Gasteiger partial charge is 0.146 e. The third-order valence-corrected chi connectivity index (χ3v) is 3.77. The summed E-state index contributed by atoms with van der Waals surface area (Å²) in [5, 5.41) is 14.5. The summed E-state index contributed by atoms with van der Waals surface area (Å²) in [4.78, 5) is 5.35. The predicted molar refractivity (Wildman–Crippen MR) is 70.3 cm³/mol. The number of halogens is 1. The van der Waals surface area contributed by atoms with Crippen molar-refractivity contribution in [1.82, 2.24) is 4.98 Å². The SMILES string of the molecule is CC(Nc1nccc(C#N)c1Cl)c1cccs1. The van der Waals surface area contributed by atoms with E-state index in [4.69, 9.17) is 16.9 Å². The number of nitriles is 1. The van der Waals surface area contributed by atoms with E-state index in [1.54, 1.807) is 23.6 Å². The zero-order valence-corrected chi connectivity index (χ0v) is 10.7. The van der Waals surface area contributed by atoms with Gasteiger partial charge < -0.3 is 5.32 Å². The van der Waals surface area contributed by atoms with E-state index >= 15 is 0 Å². The number of hydrogen-bond donors (Lipinski definition) is 1. The van der Waals surface area contributed by atoms with E-state index in [9.17, 15) is 0 Å². The largest absolute Gasteiger partial charge is 0.361 e. The lowest BCUT2D eigenvalue weighted by Crippen LogP contribution is -2.07. The van der Waals surface area contributed by atoms with Gasteiger partial charge >= 0.3 is 0 Å². The quantitative estimate of drug-likeness (QED) is 0.915. The van der Waals surface area contributed by atoms with Crippen LogP contribution >= 0.6 is 22.9 Å². The maximum Gasteiger partial charge on any atom is 0.146 e. The van der Waals surface area contributed by atoms with Crippen LogP contribution in [0.3, 0.4) is 0 Å². The Hall–Kier alpha value is -1.57. The lowest BCUT2D eigenvalue weighted by molar-refractivity contribution is 0.896. The Balaban J connectivity index is 2.23. The number of anilines is 1. The first-order chi connectivity index (χ1) is 8.22. The topological polar surface area (TPSA) is 48.7 Å². The fourth-order valence-electron chi connectivity index (χ4n) is 1.44. The standard InChI is InChI=1S/C12H10ClN3S/c1-8(10-3-2-6-17-10)16-12-11(13)9(7-14)4-5-15-12/h2-6,8H,1H3,(H,15,16). The summed E-state index contributed by atoms with van der Waals surface area (Å²) in [6.45, 7) is 2.03. The number of aromatic nitrogens is 1. The van der Waals surface area contributed by atoms with Crippen LogP contribution in [-0.2, 0) is 0 Å². The first-order valence-electron chi connectivity index (χ1n) is 5.07. The summed E-state index contributed by atoms with van der Waals surface area (Å²) in [6, 6.07) is 7.80. The minimum absolute atomic E-state index is 0.119. The monoisotopic (exact) mass is 263 g/mol. The molecule has 2 rings (SSSR count). The average molecular weight is 264 g/mol. The summed E-state index contributed by atoms with van der Waals surface area (Å²) in [5.74, 6) is 0.548. The van der Waals surface area contributed by atoms with Crippen LogP contribution in [0.25, 0.3) is 0 Å². The highest BCUT2D eigenvalue weighted by Gasteiger charge is 2.11. The lowest BCUT2D eigenvalue weighted by Gasteiger charge is -2.14. The molecule has 5 heteroatoms. The molecule has 2 aromatic rings. The van der Waals surface area contributed by atoms with Gasteiger partial charge in [-0.15, -0.1) is 11.3 Å². The highest BCUT2D eigenvalue weighted by molar-refractivity contribution is 7.10. The first-order valence-corrected chi connectivity index (χ1v) is 6.32. The summed E-state index contributed by atoms with van der Waals surface area (Å²) < 4.78 is 0. The van der Waals surface area contributed by atoms with Gasteiger partial charge in [0.15, 0.2) is 0 Å². The number of rotatable bonds is 3. The minimum Gasteiger partial charge on any atom is -0.361 e. The molecule has 2 heterocycles. The molecule has 3 nitrogen and oxygen atoms in total. The number of thiophene rings is 1. The maximum atomic E-state index is 8.87. The predicted octanol–water partition coefficient (Wildman–Crippen LogP) is 3.84. The van der Waals surface area contributed by atoms with E-state index in [1.807, 2.05) is 30.5 Å². The van der Waals surface area contributed by atoms with E-state index < -0.39 is 0 Å². The van der Waals surface area contributed by atoms with Gasteiger partial charge in [0.1, 0.15) is 16.9 Å². The Kier molecular flexibility index (Phi) is 3.62. The van der Waals surface area contributed by atoms with E-state index in [-0.39, 0.29) is 6.04 Å². The third-order valence-electron chi connectivity index (χ3n) is 2.33. The number of nitrogens with one attached hydrogen (secondary N) is 1. The highest BCUT2D eigenvalue weighted by atomic mass is 35.5. The van der Waals surface area contributed by atoms with Gasteiger partial charge in [-0.25, -0.2) is 4.98 Å². The van der Waals surface area contributed by atoms with E-state index in [0.29, 0.717) is 16.4 Å². The summed E-state index contributed by atoms with van der Waals surface area (Å²) in [5.41, 5.74) is 0.433. The van der Waals surface area contributed by atoms with Crippen LogP contribution in [0.5, 0.6) is 0 Å². The number of hydrogen-bond acceptors (Lipinski definition) is 4. The van der Waals surface area contributed by atoms with Gasteiger partial charge in [0.25, 0.3) is 0 Å². The Morgan fingerprint density at radius 2 is 2.35 bits per heavy atom. The van der Waals surface area contributed by atoms with Crippen molar-refractivity contribution in [3.63, 3.8) is 0 Å². The van der Waals surface area contributed by atoms with Gasteiger partial charge in [-0.05, 0) is 24.4 Å². The van der Waals surface area contributed by atoms with Crippen molar-refractivity contribution in [3.8, 4) is 6.07 Å². The van der Waals surface area contributed by atoms with E-state index in [2.05, 4.69) is 10.3 Å². The molecule has 0 saturated heterocycles. The van der Waals surface area contributed by atoms with Crippen LogP contribution < -0.4 is 5.32 Å². The number of pyridine rings is 1. The van der Waals surface area contributed by atoms with Gasteiger partial charge in [0, 0.05) is 11.1 Å². The lowest BCUT2D eigenvalue weighted by atomic mass is 10.2. The van der Waals surface area contributed by atoms with Crippen LogP contribution in [0.15, 0.2) is 29.8 Å². The van der Waals surface area contributed by atoms with Crippen molar-refractivity contribution in [3.05, 3.63) is 45.2 Å².